The van der Waals surface area contributed by atoms with Crippen LogP contribution in [-0.4, -0.2) is 13.6 Å². The van der Waals surface area contributed by atoms with Crippen molar-refractivity contribution in [2.24, 2.45) is 17.3 Å². The fourth-order valence-electron chi connectivity index (χ4n) is 4.41. The third-order valence-electron chi connectivity index (χ3n) is 5.10. The van der Waals surface area contributed by atoms with Crippen molar-refractivity contribution >= 4 is 22.6 Å². The molecule has 3 atom stereocenters. The Kier molecular flexibility index (Phi) is 3.68. The summed E-state index contributed by atoms with van der Waals surface area (Å²) in [5.41, 5.74) is 2.07. The Hall–Kier alpha value is -0.0900. The first-order valence-electron chi connectivity index (χ1n) is 7.11. The van der Waals surface area contributed by atoms with Crippen molar-refractivity contribution in [3.63, 3.8) is 0 Å². The van der Waals surface area contributed by atoms with Crippen LogP contribution in [-0.2, 0) is 6.42 Å². The van der Waals surface area contributed by atoms with Crippen LogP contribution in [0.1, 0.15) is 31.2 Å². The normalized spacial score (nSPS) is 34.1. The Morgan fingerprint density at radius 3 is 2.61 bits per heavy atom. The molecule has 18 heavy (non-hydrogen) atoms. The number of nitrogens with one attached hydrogen (secondary N) is 1. The second kappa shape index (κ2) is 5.12. The Labute approximate surface area is 124 Å². The largest absolute Gasteiger partial charge is 0.319 e. The predicted molar refractivity (Wildman–Crippen MR) is 84.7 cm³/mol. The zero-order valence-corrected chi connectivity index (χ0v) is 13.2. The number of benzene rings is 1. The van der Waals surface area contributed by atoms with Gasteiger partial charge in [0.15, 0.2) is 0 Å². The van der Waals surface area contributed by atoms with Crippen LogP contribution < -0.4 is 5.32 Å². The summed E-state index contributed by atoms with van der Waals surface area (Å²) in [4.78, 5) is 0. The minimum Gasteiger partial charge on any atom is -0.319 e. The third-order valence-corrected chi connectivity index (χ3v) is 5.82. The molecule has 0 spiro atoms. The average molecular weight is 355 g/mol. The summed E-state index contributed by atoms with van der Waals surface area (Å²) in [7, 11) is 2.11. The second-order valence-corrected chi connectivity index (χ2v) is 7.52. The molecule has 0 saturated heterocycles. The van der Waals surface area contributed by atoms with Gasteiger partial charge in [0.1, 0.15) is 0 Å². The van der Waals surface area contributed by atoms with Crippen LogP contribution in [0.15, 0.2) is 24.3 Å². The van der Waals surface area contributed by atoms with Crippen molar-refractivity contribution in [1.29, 1.82) is 0 Å². The van der Waals surface area contributed by atoms with Crippen LogP contribution in [0.4, 0.5) is 0 Å². The van der Waals surface area contributed by atoms with Gasteiger partial charge in [-0.05, 0) is 90.3 Å². The first-order chi connectivity index (χ1) is 8.72. The Morgan fingerprint density at radius 2 is 2.06 bits per heavy atom. The maximum Gasteiger partial charge on any atom is 0.0130 e. The molecule has 1 aromatic carbocycles. The first-order valence-corrected chi connectivity index (χ1v) is 8.19. The average Bonchev–Trinajstić information content (AvgIpc) is 2.93. The van der Waals surface area contributed by atoms with Crippen LogP contribution in [0.25, 0.3) is 0 Å². The van der Waals surface area contributed by atoms with Gasteiger partial charge in [-0.3, -0.25) is 0 Å². The van der Waals surface area contributed by atoms with Crippen LogP contribution in [0.3, 0.4) is 0 Å². The molecule has 2 bridgehead atoms. The molecule has 0 aliphatic heterocycles. The number of hydrogen-bond donors (Lipinski definition) is 1. The number of hydrogen-bond acceptors (Lipinski definition) is 1. The maximum absolute atomic E-state index is 3.47. The zero-order valence-electron chi connectivity index (χ0n) is 11.1. The van der Waals surface area contributed by atoms with Gasteiger partial charge in [-0.15, -0.1) is 0 Å². The van der Waals surface area contributed by atoms with E-state index in [0.717, 1.165) is 11.8 Å². The SMILES string of the molecule is CNCC1(Cc2ccc(I)cc2)CC2CCC1C2. The summed E-state index contributed by atoms with van der Waals surface area (Å²) >= 11 is 2.39. The van der Waals surface area contributed by atoms with Crippen molar-refractivity contribution in [3.8, 4) is 0 Å². The molecule has 0 radical (unpaired) electrons. The van der Waals surface area contributed by atoms with Gasteiger partial charge in [-0.25, -0.2) is 0 Å². The Balaban J connectivity index is 1.80. The van der Waals surface area contributed by atoms with E-state index in [1.807, 2.05) is 0 Å². The van der Waals surface area contributed by atoms with E-state index in [-0.39, 0.29) is 0 Å². The quantitative estimate of drug-likeness (QED) is 0.809. The van der Waals surface area contributed by atoms with Gasteiger partial charge in [0.05, 0.1) is 0 Å². The molecule has 2 aliphatic carbocycles. The zero-order chi connectivity index (χ0) is 12.6. The lowest BCUT2D eigenvalue weighted by atomic mass is 9.69. The standard InChI is InChI=1S/C16H22IN/c1-18-11-16(10-13-2-5-14(16)8-13)9-12-3-6-15(17)7-4-12/h3-4,6-7,13-14,18H,2,5,8-11H2,1H3. The van der Waals surface area contributed by atoms with Crippen LogP contribution in [0, 0.1) is 20.8 Å². The molecule has 0 heterocycles. The van der Waals surface area contributed by atoms with Gasteiger partial charge in [-0.2, -0.15) is 0 Å². The van der Waals surface area contributed by atoms with Gasteiger partial charge < -0.3 is 5.32 Å². The smallest absolute Gasteiger partial charge is 0.0130 e. The van der Waals surface area contributed by atoms with E-state index < -0.39 is 0 Å². The van der Waals surface area contributed by atoms with Crippen molar-refractivity contribution < 1.29 is 0 Å². The fourth-order valence-corrected chi connectivity index (χ4v) is 4.77. The third kappa shape index (κ3) is 2.34. The molecule has 1 N–H and O–H groups in total. The molecule has 2 saturated carbocycles. The lowest BCUT2D eigenvalue weighted by molar-refractivity contribution is 0.160. The minimum absolute atomic E-state index is 0.546. The van der Waals surface area contributed by atoms with Gasteiger partial charge in [0.2, 0.25) is 0 Å². The van der Waals surface area contributed by atoms with E-state index in [4.69, 9.17) is 0 Å². The van der Waals surface area contributed by atoms with Crippen molar-refractivity contribution in [2.75, 3.05) is 13.6 Å². The Morgan fingerprint density at radius 1 is 1.28 bits per heavy atom. The highest BCUT2D eigenvalue weighted by Crippen LogP contribution is 2.57. The van der Waals surface area contributed by atoms with E-state index in [2.05, 4.69) is 59.2 Å². The molecule has 1 nitrogen and oxygen atoms in total. The highest BCUT2D eigenvalue weighted by molar-refractivity contribution is 14.1. The molecule has 1 aromatic rings. The summed E-state index contributed by atoms with van der Waals surface area (Å²) < 4.78 is 1.34. The van der Waals surface area contributed by atoms with E-state index in [0.29, 0.717) is 5.41 Å². The van der Waals surface area contributed by atoms with Crippen molar-refractivity contribution in [2.45, 2.75) is 32.1 Å². The molecule has 2 fully saturated rings. The van der Waals surface area contributed by atoms with Crippen molar-refractivity contribution in [3.05, 3.63) is 33.4 Å². The van der Waals surface area contributed by atoms with E-state index in [1.54, 1.807) is 0 Å². The molecular weight excluding hydrogens is 333 g/mol. The first kappa shape index (κ1) is 12.9. The van der Waals surface area contributed by atoms with Crippen LogP contribution >= 0.6 is 22.6 Å². The summed E-state index contributed by atoms with van der Waals surface area (Å²) in [6.45, 7) is 1.19. The Bertz CT molecular complexity index is 414. The fraction of sp³-hybridized carbons (Fsp3) is 0.625. The topological polar surface area (TPSA) is 12.0 Å². The molecule has 3 unspecified atom stereocenters. The number of rotatable bonds is 4. The molecule has 2 aliphatic rings. The van der Waals surface area contributed by atoms with Gasteiger partial charge in [0.25, 0.3) is 0 Å². The number of halogens is 1. The monoisotopic (exact) mass is 355 g/mol. The highest BCUT2D eigenvalue weighted by Gasteiger charge is 2.50. The summed E-state index contributed by atoms with van der Waals surface area (Å²) in [5.74, 6) is 1.99. The second-order valence-electron chi connectivity index (χ2n) is 6.28. The van der Waals surface area contributed by atoms with Gasteiger partial charge >= 0.3 is 0 Å². The molecule has 3 rings (SSSR count). The minimum atomic E-state index is 0.546. The molecule has 0 amide bonds. The maximum atomic E-state index is 3.47. The lowest BCUT2D eigenvalue weighted by Crippen LogP contribution is -2.39. The molecular formula is C16H22IN. The highest BCUT2D eigenvalue weighted by atomic mass is 127. The molecule has 98 valence electrons. The van der Waals surface area contributed by atoms with Gasteiger partial charge in [0, 0.05) is 10.1 Å². The summed E-state index contributed by atoms with van der Waals surface area (Å²) in [5, 5.41) is 3.47. The lowest BCUT2D eigenvalue weighted by Gasteiger charge is -2.38. The van der Waals surface area contributed by atoms with Crippen LogP contribution in [0.5, 0.6) is 0 Å². The summed E-state index contributed by atoms with van der Waals surface area (Å²) in [6.07, 6.45) is 7.17. The number of fused-ring (bicyclic) bond motifs is 2. The van der Waals surface area contributed by atoms with Crippen LogP contribution in [0.2, 0.25) is 0 Å². The van der Waals surface area contributed by atoms with Gasteiger partial charge in [-0.1, -0.05) is 18.6 Å². The van der Waals surface area contributed by atoms with E-state index >= 15 is 0 Å². The predicted octanol–water partition coefficient (Wildman–Crippen LogP) is 3.86. The van der Waals surface area contributed by atoms with E-state index in [1.165, 1.54) is 47.8 Å². The molecule has 0 aromatic heterocycles. The molecule has 2 heteroatoms. The van der Waals surface area contributed by atoms with E-state index in [9.17, 15) is 0 Å². The van der Waals surface area contributed by atoms with Crippen molar-refractivity contribution in [1.82, 2.24) is 5.32 Å². The summed E-state index contributed by atoms with van der Waals surface area (Å²) in [6, 6.07) is 9.14.